The zero-order chi connectivity index (χ0) is 24.6. The number of benzene rings is 4. The smallest absolute Gasteiger partial charge is 0.336 e. The number of rotatable bonds is 7. The zero-order valence-electron chi connectivity index (χ0n) is 18.8. The number of hydrazone groups is 1. The molecule has 0 radical (unpaired) electrons. The third kappa shape index (κ3) is 5.91. The highest BCUT2D eigenvalue weighted by atomic mass is 16.6. The molecule has 174 valence electrons. The summed E-state index contributed by atoms with van der Waals surface area (Å²) in [4.78, 5) is 24.7. The van der Waals surface area contributed by atoms with E-state index < -0.39 is 11.9 Å². The maximum atomic E-state index is 12.5. The van der Waals surface area contributed by atoms with E-state index in [2.05, 4.69) is 10.5 Å². The van der Waals surface area contributed by atoms with Crippen LogP contribution in [-0.4, -0.2) is 30.3 Å². The van der Waals surface area contributed by atoms with Crippen LogP contribution in [0.1, 0.15) is 21.5 Å². The van der Waals surface area contributed by atoms with Crippen LogP contribution in [0.15, 0.2) is 96.1 Å². The summed E-state index contributed by atoms with van der Waals surface area (Å²) >= 11 is 0. The minimum Gasteiger partial charge on any atom is -0.507 e. The number of hydrogen-bond acceptors (Lipinski definition) is 6. The van der Waals surface area contributed by atoms with Gasteiger partial charge in [-0.05, 0) is 58.3 Å². The van der Waals surface area contributed by atoms with Crippen molar-refractivity contribution < 1.29 is 24.2 Å². The molecule has 0 unspecified atom stereocenters. The summed E-state index contributed by atoms with van der Waals surface area (Å²) in [6, 6.07) is 24.8. The largest absolute Gasteiger partial charge is 0.507 e. The van der Waals surface area contributed by atoms with Gasteiger partial charge in [-0.3, -0.25) is 4.79 Å². The molecule has 0 heterocycles. The van der Waals surface area contributed by atoms with Gasteiger partial charge in [-0.25, -0.2) is 10.2 Å². The van der Waals surface area contributed by atoms with Gasteiger partial charge in [0.05, 0.1) is 18.9 Å². The molecule has 35 heavy (non-hydrogen) atoms. The molecule has 0 saturated heterocycles. The van der Waals surface area contributed by atoms with Gasteiger partial charge in [0.15, 0.2) is 11.5 Å². The minimum atomic E-state index is -0.549. The third-order valence-electron chi connectivity index (χ3n) is 5.10. The normalized spacial score (nSPS) is 11.1. The summed E-state index contributed by atoms with van der Waals surface area (Å²) in [5.41, 5.74) is 4.00. The Labute approximate surface area is 201 Å². The average molecular weight is 466 g/mol. The topological polar surface area (TPSA) is 97.2 Å². The van der Waals surface area contributed by atoms with Crippen molar-refractivity contribution in [2.24, 2.45) is 5.10 Å². The van der Waals surface area contributed by atoms with Crippen molar-refractivity contribution in [3.05, 3.63) is 108 Å². The summed E-state index contributed by atoms with van der Waals surface area (Å²) in [5, 5.41) is 15.8. The summed E-state index contributed by atoms with van der Waals surface area (Å²) in [6.07, 6.45) is 4.41. The van der Waals surface area contributed by atoms with Gasteiger partial charge in [-0.2, -0.15) is 5.10 Å². The number of phenols is 1. The molecule has 0 saturated carbocycles. The molecular formula is C28H22N2O5. The van der Waals surface area contributed by atoms with E-state index in [0.29, 0.717) is 11.3 Å². The zero-order valence-corrected chi connectivity index (χ0v) is 18.8. The Morgan fingerprint density at radius 2 is 1.57 bits per heavy atom. The first-order chi connectivity index (χ1) is 17.0. The van der Waals surface area contributed by atoms with Crippen molar-refractivity contribution in [2.75, 3.05) is 7.11 Å². The maximum absolute atomic E-state index is 12.5. The number of esters is 1. The Balaban J connectivity index is 1.41. The predicted octanol–water partition coefficient (Wildman–Crippen LogP) is 4.94. The lowest BCUT2D eigenvalue weighted by atomic mass is 10.1. The van der Waals surface area contributed by atoms with E-state index in [0.717, 1.165) is 16.3 Å². The fraction of sp³-hybridized carbons (Fsp3) is 0.0357. The van der Waals surface area contributed by atoms with Gasteiger partial charge in [0.25, 0.3) is 5.91 Å². The van der Waals surface area contributed by atoms with Gasteiger partial charge < -0.3 is 14.6 Å². The fourth-order valence-electron chi connectivity index (χ4n) is 3.36. The van der Waals surface area contributed by atoms with E-state index in [1.54, 1.807) is 30.3 Å². The Hall–Kier alpha value is -4.91. The molecule has 7 heteroatoms. The Morgan fingerprint density at radius 3 is 2.31 bits per heavy atom. The molecule has 0 aromatic heterocycles. The maximum Gasteiger partial charge on any atom is 0.336 e. The van der Waals surface area contributed by atoms with E-state index in [-0.39, 0.29) is 17.1 Å². The van der Waals surface area contributed by atoms with Gasteiger partial charge >= 0.3 is 5.97 Å². The molecule has 0 aliphatic heterocycles. The molecular weight excluding hydrogens is 444 g/mol. The number of nitrogens with zero attached hydrogens (tertiary/aromatic N) is 1. The van der Waals surface area contributed by atoms with Crippen LogP contribution in [0.4, 0.5) is 0 Å². The standard InChI is InChI=1S/C28H22N2O5/c1-34-26-15-20(11-13-25(26)35-27(32)14-12-19-7-3-2-4-8-19)18-29-30-28(33)23-16-21-9-5-6-10-22(21)17-24(23)31/h2-18,31H,1H3,(H,30,33). The van der Waals surface area contributed by atoms with Gasteiger partial charge in [0.1, 0.15) is 5.75 Å². The number of phenolic OH excluding ortho intramolecular Hbond substituents is 1. The van der Waals surface area contributed by atoms with Crippen molar-refractivity contribution >= 4 is 34.9 Å². The summed E-state index contributed by atoms with van der Waals surface area (Å²) in [5.74, 6) is -0.653. The number of fused-ring (bicyclic) bond motifs is 1. The molecule has 4 aromatic carbocycles. The van der Waals surface area contributed by atoms with Crippen molar-refractivity contribution in [2.45, 2.75) is 0 Å². The number of ether oxygens (including phenoxy) is 2. The number of nitrogens with one attached hydrogen (secondary N) is 1. The molecule has 0 spiro atoms. The highest BCUT2D eigenvalue weighted by Gasteiger charge is 2.12. The number of carbonyl (C=O) groups is 2. The van der Waals surface area contributed by atoms with Crippen molar-refractivity contribution in [3.8, 4) is 17.2 Å². The number of hydrogen-bond donors (Lipinski definition) is 2. The van der Waals surface area contributed by atoms with E-state index in [1.165, 1.54) is 25.5 Å². The van der Waals surface area contributed by atoms with Crippen LogP contribution in [0.5, 0.6) is 17.2 Å². The lowest BCUT2D eigenvalue weighted by Gasteiger charge is -2.08. The molecule has 4 aromatic rings. The van der Waals surface area contributed by atoms with Crippen molar-refractivity contribution in [1.82, 2.24) is 5.43 Å². The molecule has 2 N–H and O–H groups in total. The van der Waals surface area contributed by atoms with E-state index in [1.807, 2.05) is 54.6 Å². The van der Waals surface area contributed by atoms with Gasteiger partial charge in [0, 0.05) is 6.08 Å². The van der Waals surface area contributed by atoms with Gasteiger partial charge in [0.2, 0.25) is 0 Å². The van der Waals surface area contributed by atoms with E-state index >= 15 is 0 Å². The summed E-state index contributed by atoms with van der Waals surface area (Å²) in [7, 11) is 1.46. The molecule has 0 fully saturated rings. The van der Waals surface area contributed by atoms with Crippen LogP contribution in [0.2, 0.25) is 0 Å². The Morgan fingerprint density at radius 1 is 0.857 bits per heavy atom. The third-order valence-corrected chi connectivity index (χ3v) is 5.10. The lowest BCUT2D eigenvalue weighted by molar-refractivity contribution is -0.129. The van der Waals surface area contributed by atoms with Crippen LogP contribution in [0.25, 0.3) is 16.8 Å². The quantitative estimate of drug-likeness (QED) is 0.132. The molecule has 0 atom stereocenters. The molecule has 4 rings (SSSR count). The van der Waals surface area contributed by atoms with Crippen LogP contribution in [0, 0.1) is 0 Å². The number of amides is 1. The van der Waals surface area contributed by atoms with E-state index in [4.69, 9.17) is 9.47 Å². The number of carbonyl (C=O) groups excluding carboxylic acids is 2. The molecule has 0 aliphatic carbocycles. The van der Waals surface area contributed by atoms with Crippen molar-refractivity contribution in [1.29, 1.82) is 0 Å². The summed E-state index contributed by atoms with van der Waals surface area (Å²) in [6.45, 7) is 0. The van der Waals surface area contributed by atoms with Gasteiger partial charge in [-0.15, -0.1) is 0 Å². The minimum absolute atomic E-state index is 0.115. The Kier molecular flexibility index (Phi) is 7.18. The first kappa shape index (κ1) is 23.3. The Bertz CT molecular complexity index is 1430. The van der Waals surface area contributed by atoms with Crippen LogP contribution >= 0.6 is 0 Å². The average Bonchev–Trinajstić information content (AvgIpc) is 2.88. The summed E-state index contributed by atoms with van der Waals surface area (Å²) < 4.78 is 10.7. The monoisotopic (exact) mass is 466 g/mol. The fourth-order valence-corrected chi connectivity index (χ4v) is 3.36. The number of aromatic hydroxyl groups is 1. The highest BCUT2D eigenvalue weighted by molar-refractivity contribution is 6.01. The van der Waals surface area contributed by atoms with Crippen LogP contribution in [-0.2, 0) is 4.79 Å². The SMILES string of the molecule is COc1cc(C=NNC(=O)c2cc3ccccc3cc2O)ccc1OC(=O)C=Cc1ccccc1. The second-order valence-corrected chi connectivity index (χ2v) is 7.49. The first-order valence-corrected chi connectivity index (χ1v) is 10.7. The lowest BCUT2D eigenvalue weighted by Crippen LogP contribution is -2.17. The molecule has 0 bridgehead atoms. The molecule has 7 nitrogen and oxygen atoms in total. The molecule has 1 amide bonds. The second kappa shape index (κ2) is 10.8. The van der Waals surface area contributed by atoms with Gasteiger partial charge in [-0.1, -0.05) is 54.6 Å². The van der Waals surface area contributed by atoms with Crippen molar-refractivity contribution in [3.63, 3.8) is 0 Å². The second-order valence-electron chi connectivity index (χ2n) is 7.49. The first-order valence-electron chi connectivity index (χ1n) is 10.7. The number of methoxy groups -OCH3 is 1. The molecule has 0 aliphatic rings. The predicted molar refractivity (Wildman–Crippen MR) is 135 cm³/mol. The highest BCUT2D eigenvalue weighted by Crippen LogP contribution is 2.28. The van der Waals surface area contributed by atoms with Crippen LogP contribution in [0.3, 0.4) is 0 Å². The van der Waals surface area contributed by atoms with Crippen LogP contribution < -0.4 is 14.9 Å². The van der Waals surface area contributed by atoms with E-state index in [9.17, 15) is 14.7 Å².